The second kappa shape index (κ2) is 7.06. The van der Waals surface area contributed by atoms with Gasteiger partial charge >= 0.3 is 5.97 Å². The minimum Gasteiger partial charge on any atom is -0.465 e. The highest BCUT2D eigenvalue weighted by atomic mass is 32.2. The van der Waals surface area contributed by atoms with Gasteiger partial charge in [0.2, 0.25) is 10.0 Å². The fourth-order valence-electron chi connectivity index (χ4n) is 1.79. The molecule has 1 aromatic rings. The maximum absolute atomic E-state index is 12.5. The van der Waals surface area contributed by atoms with E-state index in [1.54, 1.807) is 6.92 Å². The van der Waals surface area contributed by atoms with E-state index in [1.165, 1.54) is 29.6 Å². The minimum absolute atomic E-state index is 0.0340. The van der Waals surface area contributed by atoms with Crippen LogP contribution >= 0.6 is 0 Å². The number of carbonyl (C=O) groups is 1. The number of nitrogens with two attached hydrogens (primary N) is 1. The molecule has 7 nitrogen and oxygen atoms in total. The van der Waals surface area contributed by atoms with Gasteiger partial charge in [0.15, 0.2) is 0 Å². The Morgan fingerprint density at radius 1 is 1.48 bits per heavy atom. The zero-order valence-corrected chi connectivity index (χ0v) is 12.7. The van der Waals surface area contributed by atoms with Crippen molar-refractivity contribution in [2.75, 3.05) is 25.9 Å². The third-order valence-electron chi connectivity index (χ3n) is 2.87. The molecule has 1 rings (SSSR count). The number of ether oxygens (including phenoxy) is 1. The fraction of sp³-hybridized carbons (Fsp3) is 0.385. The third-order valence-corrected chi connectivity index (χ3v) is 4.92. The molecule has 0 atom stereocenters. The van der Waals surface area contributed by atoms with E-state index in [0.29, 0.717) is 0 Å². The number of benzene rings is 1. The van der Waals surface area contributed by atoms with Crippen molar-refractivity contribution in [1.29, 1.82) is 5.26 Å². The van der Waals surface area contributed by atoms with E-state index in [0.717, 1.165) is 0 Å². The molecular formula is C13H17N3O4S. The summed E-state index contributed by atoms with van der Waals surface area (Å²) in [4.78, 5) is 11.3. The Morgan fingerprint density at radius 3 is 2.62 bits per heavy atom. The predicted molar refractivity (Wildman–Crippen MR) is 76.9 cm³/mol. The van der Waals surface area contributed by atoms with Crippen LogP contribution < -0.4 is 5.73 Å². The number of nitrogens with zero attached hydrogens (tertiary/aromatic N) is 2. The molecule has 1 aromatic carbocycles. The fourth-order valence-corrected chi connectivity index (χ4v) is 3.34. The van der Waals surface area contributed by atoms with Crippen molar-refractivity contribution in [3.63, 3.8) is 0 Å². The molecule has 0 aliphatic rings. The van der Waals surface area contributed by atoms with Gasteiger partial charge in [-0.05, 0) is 18.2 Å². The lowest BCUT2D eigenvalue weighted by atomic mass is 10.2. The van der Waals surface area contributed by atoms with E-state index in [-0.39, 0.29) is 35.7 Å². The van der Waals surface area contributed by atoms with Crippen molar-refractivity contribution in [1.82, 2.24) is 4.31 Å². The quantitative estimate of drug-likeness (QED) is 0.619. The monoisotopic (exact) mass is 311 g/mol. The van der Waals surface area contributed by atoms with Gasteiger partial charge in [-0.15, -0.1) is 0 Å². The van der Waals surface area contributed by atoms with Gasteiger partial charge in [-0.2, -0.15) is 9.57 Å². The molecule has 2 N–H and O–H groups in total. The summed E-state index contributed by atoms with van der Waals surface area (Å²) in [5.41, 5.74) is 5.88. The van der Waals surface area contributed by atoms with Crippen LogP contribution in [-0.2, 0) is 14.8 Å². The highest BCUT2D eigenvalue weighted by Crippen LogP contribution is 2.24. The van der Waals surface area contributed by atoms with Crippen molar-refractivity contribution in [2.45, 2.75) is 18.2 Å². The van der Waals surface area contributed by atoms with Crippen LogP contribution in [0.2, 0.25) is 0 Å². The van der Waals surface area contributed by atoms with Crippen LogP contribution in [-0.4, -0.2) is 38.9 Å². The van der Waals surface area contributed by atoms with Crippen molar-refractivity contribution in [2.24, 2.45) is 0 Å². The van der Waals surface area contributed by atoms with Gasteiger partial charge in [0, 0.05) is 19.5 Å². The number of esters is 1. The van der Waals surface area contributed by atoms with Gasteiger partial charge in [-0.3, -0.25) is 0 Å². The number of hydrogen-bond acceptors (Lipinski definition) is 6. The van der Waals surface area contributed by atoms with Crippen LogP contribution in [0.25, 0.3) is 0 Å². The first-order valence-corrected chi connectivity index (χ1v) is 7.67. The SMILES string of the molecule is CCN(CCC#N)S(=O)(=O)c1ccc(C(=O)OC)cc1N. The van der Waals surface area contributed by atoms with E-state index >= 15 is 0 Å². The zero-order chi connectivity index (χ0) is 16.0. The highest BCUT2D eigenvalue weighted by Gasteiger charge is 2.25. The molecule has 0 aromatic heterocycles. The molecule has 0 radical (unpaired) electrons. The highest BCUT2D eigenvalue weighted by molar-refractivity contribution is 7.89. The summed E-state index contributed by atoms with van der Waals surface area (Å²) >= 11 is 0. The Balaban J connectivity index is 3.20. The van der Waals surface area contributed by atoms with E-state index in [2.05, 4.69) is 4.74 Å². The van der Waals surface area contributed by atoms with Crippen LogP contribution in [0.5, 0.6) is 0 Å². The lowest BCUT2D eigenvalue weighted by Gasteiger charge is -2.20. The van der Waals surface area contributed by atoms with Gasteiger partial charge in [0.25, 0.3) is 0 Å². The number of methoxy groups -OCH3 is 1. The molecule has 21 heavy (non-hydrogen) atoms. The van der Waals surface area contributed by atoms with Crippen molar-refractivity contribution >= 4 is 21.7 Å². The molecule has 0 spiro atoms. The zero-order valence-electron chi connectivity index (χ0n) is 11.9. The van der Waals surface area contributed by atoms with Crippen LogP contribution in [0.3, 0.4) is 0 Å². The molecule has 0 amide bonds. The summed E-state index contributed by atoms with van der Waals surface area (Å²) in [5, 5.41) is 8.58. The first-order chi connectivity index (χ1) is 9.88. The lowest BCUT2D eigenvalue weighted by molar-refractivity contribution is 0.0600. The largest absolute Gasteiger partial charge is 0.465 e. The first kappa shape index (κ1) is 16.9. The average Bonchev–Trinajstić information content (AvgIpc) is 2.46. The molecule has 0 bridgehead atoms. The van der Waals surface area contributed by atoms with E-state index in [1.807, 2.05) is 6.07 Å². The van der Waals surface area contributed by atoms with Crippen LogP contribution in [0.15, 0.2) is 23.1 Å². The molecule has 0 unspecified atom stereocenters. The number of hydrogen-bond donors (Lipinski definition) is 1. The summed E-state index contributed by atoms with van der Waals surface area (Å²) in [6, 6.07) is 5.77. The summed E-state index contributed by atoms with van der Waals surface area (Å²) in [6.45, 7) is 1.99. The van der Waals surface area contributed by atoms with Crippen LogP contribution in [0.4, 0.5) is 5.69 Å². The minimum atomic E-state index is -3.80. The number of rotatable bonds is 6. The molecule has 114 valence electrons. The Hall–Kier alpha value is -2.11. The smallest absolute Gasteiger partial charge is 0.337 e. The van der Waals surface area contributed by atoms with Gasteiger partial charge < -0.3 is 10.5 Å². The van der Waals surface area contributed by atoms with Gasteiger partial charge in [-0.1, -0.05) is 6.92 Å². The van der Waals surface area contributed by atoms with Crippen molar-refractivity contribution < 1.29 is 17.9 Å². The Bertz CT molecular complexity index is 664. The maximum atomic E-state index is 12.5. The molecule has 0 aliphatic carbocycles. The van der Waals surface area contributed by atoms with Gasteiger partial charge in [0.05, 0.1) is 24.4 Å². The molecule has 0 saturated heterocycles. The topological polar surface area (TPSA) is 113 Å². The Morgan fingerprint density at radius 2 is 2.14 bits per heavy atom. The number of carbonyl (C=O) groups excluding carboxylic acids is 1. The second-order valence-electron chi connectivity index (χ2n) is 4.15. The Labute approximate surface area is 124 Å². The van der Waals surface area contributed by atoms with Crippen LogP contribution in [0.1, 0.15) is 23.7 Å². The molecule has 0 fully saturated rings. The maximum Gasteiger partial charge on any atom is 0.337 e. The predicted octanol–water partition coefficient (Wildman–Crippen LogP) is 0.980. The summed E-state index contributed by atoms with van der Waals surface area (Å²) in [5.74, 6) is -0.595. The van der Waals surface area contributed by atoms with E-state index in [4.69, 9.17) is 11.0 Å². The molecule has 8 heteroatoms. The second-order valence-corrected chi connectivity index (χ2v) is 6.06. The molecule has 0 aliphatic heterocycles. The molecule has 0 saturated carbocycles. The summed E-state index contributed by atoms with van der Waals surface area (Å²) in [7, 11) is -2.57. The van der Waals surface area contributed by atoms with Gasteiger partial charge in [-0.25, -0.2) is 13.2 Å². The number of anilines is 1. The standard InChI is InChI=1S/C13H17N3O4S/c1-3-16(8-4-7-14)21(18,19)12-6-5-10(9-11(12)15)13(17)20-2/h5-6,9H,3-4,8,15H2,1-2H3. The lowest BCUT2D eigenvalue weighted by Crippen LogP contribution is -2.32. The first-order valence-electron chi connectivity index (χ1n) is 6.23. The normalized spacial score (nSPS) is 11.1. The molecular weight excluding hydrogens is 294 g/mol. The summed E-state index contributed by atoms with van der Waals surface area (Å²) in [6.07, 6.45) is 0.0905. The third kappa shape index (κ3) is 3.71. The number of sulfonamides is 1. The van der Waals surface area contributed by atoms with Crippen molar-refractivity contribution in [3.8, 4) is 6.07 Å². The van der Waals surface area contributed by atoms with E-state index in [9.17, 15) is 13.2 Å². The Kier molecular flexibility index (Phi) is 5.69. The van der Waals surface area contributed by atoms with Gasteiger partial charge in [0.1, 0.15) is 4.90 Å². The average molecular weight is 311 g/mol. The number of nitrogen functional groups attached to an aromatic ring is 1. The van der Waals surface area contributed by atoms with Crippen LogP contribution in [0, 0.1) is 11.3 Å². The molecule has 0 heterocycles. The van der Waals surface area contributed by atoms with Crippen molar-refractivity contribution in [3.05, 3.63) is 23.8 Å². The number of nitriles is 1. The summed E-state index contributed by atoms with van der Waals surface area (Å²) < 4.78 is 30.6. The van der Waals surface area contributed by atoms with E-state index < -0.39 is 16.0 Å².